The minimum absolute atomic E-state index is 0.808. The lowest BCUT2D eigenvalue weighted by atomic mass is 9.70. The van der Waals surface area contributed by atoms with E-state index in [-0.39, 0.29) is 0 Å². The lowest BCUT2D eigenvalue weighted by Crippen LogP contribution is -2.51. The Kier molecular flexibility index (Phi) is 5.65. The van der Waals surface area contributed by atoms with E-state index in [0.717, 1.165) is 35.8 Å². The first kappa shape index (κ1) is 15.8. The molecule has 0 aromatic heterocycles. The Balaban J connectivity index is 1.60. The fourth-order valence-corrected chi connectivity index (χ4v) is 5.59. The largest absolute Gasteiger partial charge is 0.311 e. The SMILES string of the molecule is CC1CCCC(NC2CCCCC2C2CCCCC2)C1C. The zero-order chi connectivity index (χ0) is 14.7. The summed E-state index contributed by atoms with van der Waals surface area (Å²) in [6.07, 6.45) is 17.8. The van der Waals surface area contributed by atoms with Crippen molar-refractivity contribution >= 4 is 0 Å². The van der Waals surface area contributed by atoms with Crippen molar-refractivity contribution in [2.45, 2.75) is 103 Å². The Morgan fingerprint density at radius 2 is 1.29 bits per heavy atom. The first-order valence-electron chi connectivity index (χ1n) is 10.0. The van der Waals surface area contributed by atoms with Crippen LogP contribution in [0, 0.1) is 23.7 Å². The van der Waals surface area contributed by atoms with Crippen molar-refractivity contribution in [3.05, 3.63) is 0 Å². The van der Waals surface area contributed by atoms with E-state index in [1.54, 1.807) is 0 Å². The molecule has 0 saturated heterocycles. The van der Waals surface area contributed by atoms with E-state index >= 15 is 0 Å². The van der Waals surface area contributed by atoms with Crippen molar-refractivity contribution < 1.29 is 0 Å². The van der Waals surface area contributed by atoms with Crippen LogP contribution in [0.3, 0.4) is 0 Å². The Hall–Kier alpha value is -0.0400. The van der Waals surface area contributed by atoms with Gasteiger partial charge in [0.15, 0.2) is 0 Å². The van der Waals surface area contributed by atoms with Gasteiger partial charge in [0.1, 0.15) is 0 Å². The maximum absolute atomic E-state index is 4.19. The Morgan fingerprint density at radius 3 is 2.10 bits per heavy atom. The van der Waals surface area contributed by atoms with Crippen LogP contribution in [0.2, 0.25) is 0 Å². The van der Waals surface area contributed by atoms with Crippen molar-refractivity contribution in [3.63, 3.8) is 0 Å². The van der Waals surface area contributed by atoms with Gasteiger partial charge < -0.3 is 5.32 Å². The number of nitrogens with one attached hydrogen (secondary N) is 1. The third-order valence-corrected chi connectivity index (χ3v) is 7.21. The van der Waals surface area contributed by atoms with Gasteiger partial charge in [0.05, 0.1) is 0 Å². The van der Waals surface area contributed by atoms with E-state index < -0.39 is 0 Å². The molecule has 21 heavy (non-hydrogen) atoms. The van der Waals surface area contributed by atoms with Gasteiger partial charge in [-0.25, -0.2) is 0 Å². The summed E-state index contributed by atoms with van der Waals surface area (Å²) in [5.74, 6) is 3.86. The second kappa shape index (κ2) is 7.49. The van der Waals surface area contributed by atoms with Gasteiger partial charge >= 0.3 is 0 Å². The smallest absolute Gasteiger partial charge is 0.0101 e. The normalized spacial score (nSPS) is 42.9. The summed E-state index contributed by atoms with van der Waals surface area (Å²) in [6.45, 7) is 4.97. The van der Waals surface area contributed by atoms with Crippen LogP contribution < -0.4 is 5.32 Å². The summed E-state index contributed by atoms with van der Waals surface area (Å²) in [5.41, 5.74) is 0. The monoisotopic (exact) mass is 291 g/mol. The van der Waals surface area contributed by atoms with Crippen molar-refractivity contribution in [2.24, 2.45) is 23.7 Å². The fourth-order valence-electron chi connectivity index (χ4n) is 5.59. The molecule has 0 bridgehead atoms. The van der Waals surface area contributed by atoms with Crippen LogP contribution in [0.1, 0.15) is 90.9 Å². The average Bonchev–Trinajstić information content (AvgIpc) is 2.53. The summed E-state index contributed by atoms with van der Waals surface area (Å²) in [7, 11) is 0. The zero-order valence-electron chi connectivity index (χ0n) is 14.4. The molecule has 3 aliphatic carbocycles. The first-order valence-corrected chi connectivity index (χ1v) is 10.0. The summed E-state index contributed by atoms with van der Waals surface area (Å²) in [4.78, 5) is 0. The van der Waals surface area contributed by atoms with Gasteiger partial charge in [-0.05, 0) is 42.9 Å². The number of rotatable bonds is 3. The molecule has 0 radical (unpaired) electrons. The van der Waals surface area contributed by atoms with E-state index in [1.807, 2.05) is 0 Å². The Labute approximate surface area is 132 Å². The molecule has 3 fully saturated rings. The second-order valence-electron chi connectivity index (χ2n) is 8.49. The van der Waals surface area contributed by atoms with Crippen LogP contribution in [0.25, 0.3) is 0 Å². The van der Waals surface area contributed by atoms with E-state index in [4.69, 9.17) is 0 Å². The van der Waals surface area contributed by atoms with Crippen molar-refractivity contribution in [1.82, 2.24) is 5.32 Å². The van der Waals surface area contributed by atoms with Gasteiger partial charge in [0.25, 0.3) is 0 Å². The number of hydrogen-bond acceptors (Lipinski definition) is 1. The highest BCUT2D eigenvalue weighted by molar-refractivity contribution is 4.91. The second-order valence-corrected chi connectivity index (χ2v) is 8.49. The van der Waals surface area contributed by atoms with E-state index in [2.05, 4.69) is 19.2 Å². The zero-order valence-corrected chi connectivity index (χ0v) is 14.4. The molecule has 3 aliphatic rings. The first-order chi connectivity index (χ1) is 10.3. The molecule has 0 aliphatic heterocycles. The van der Waals surface area contributed by atoms with Gasteiger partial charge in [-0.15, -0.1) is 0 Å². The lowest BCUT2D eigenvalue weighted by molar-refractivity contribution is 0.113. The molecule has 0 aromatic carbocycles. The number of hydrogen-bond donors (Lipinski definition) is 1. The molecule has 0 aromatic rings. The average molecular weight is 292 g/mol. The third-order valence-electron chi connectivity index (χ3n) is 7.21. The molecule has 0 amide bonds. The van der Waals surface area contributed by atoms with Crippen LogP contribution in [0.15, 0.2) is 0 Å². The molecule has 5 atom stereocenters. The van der Waals surface area contributed by atoms with Crippen molar-refractivity contribution in [2.75, 3.05) is 0 Å². The topological polar surface area (TPSA) is 12.0 Å². The Bertz CT molecular complexity index is 307. The third kappa shape index (κ3) is 3.84. The summed E-state index contributed by atoms with van der Waals surface area (Å²) >= 11 is 0. The summed E-state index contributed by atoms with van der Waals surface area (Å²) in [6, 6.07) is 1.66. The van der Waals surface area contributed by atoms with Crippen LogP contribution in [0.5, 0.6) is 0 Å². The highest BCUT2D eigenvalue weighted by Gasteiger charge is 2.35. The predicted molar refractivity (Wildman–Crippen MR) is 91.4 cm³/mol. The lowest BCUT2D eigenvalue weighted by Gasteiger charge is -2.44. The maximum atomic E-state index is 4.19. The molecule has 0 spiro atoms. The summed E-state index contributed by atoms with van der Waals surface area (Å²) in [5, 5.41) is 4.19. The Morgan fingerprint density at radius 1 is 0.619 bits per heavy atom. The predicted octanol–water partition coefficient (Wildman–Crippen LogP) is 5.54. The highest BCUT2D eigenvalue weighted by Crippen LogP contribution is 2.39. The molecule has 5 unspecified atom stereocenters. The fraction of sp³-hybridized carbons (Fsp3) is 1.00. The minimum Gasteiger partial charge on any atom is -0.311 e. The van der Waals surface area contributed by atoms with Gasteiger partial charge in [0.2, 0.25) is 0 Å². The van der Waals surface area contributed by atoms with E-state index in [0.29, 0.717) is 0 Å². The molecule has 122 valence electrons. The van der Waals surface area contributed by atoms with Gasteiger partial charge in [0, 0.05) is 12.1 Å². The van der Waals surface area contributed by atoms with Gasteiger partial charge in [-0.1, -0.05) is 71.6 Å². The molecule has 1 heteroatoms. The summed E-state index contributed by atoms with van der Waals surface area (Å²) < 4.78 is 0. The van der Waals surface area contributed by atoms with Gasteiger partial charge in [-0.3, -0.25) is 0 Å². The van der Waals surface area contributed by atoms with Crippen molar-refractivity contribution in [1.29, 1.82) is 0 Å². The minimum atomic E-state index is 0.808. The van der Waals surface area contributed by atoms with Crippen LogP contribution in [-0.4, -0.2) is 12.1 Å². The van der Waals surface area contributed by atoms with E-state index in [9.17, 15) is 0 Å². The van der Waals surface area contributed by atoms with E-state index in [1.165, 1.54) is 77.0 Å². The molecule has 1 nitrogen and oxygen atoms in total. The molecule has 3 saturated carbocycles. The maximum Gasteiger partial charge on any atom is 0.0101 e. The van der Waals surface area contributed by atoms with Crippen LogP contribution in [0.4, 0.5) is 0 Å². The molecule has 0 heterocycles. The molecular formula is C20H37N. The van der Waals surface area contributed by atoms with Crippen molar-refractivity contribution in [3.8, 4) is 0 Å². The molecule has 1 N–H and O–H groups in total. The quantitative estimate of drug-likeness (QED) is 0.720. The molecular weight excluding hydrogens is 254 g/mol. The standard InChI is InChI=1S/C20H37N/c1-15-9-8-14-19(16(15)2)21-20-13-7-6-12-18(20)17-10-4-3-5-11-17/h15-21H,3-14H2,1-2H3. The highest BCUT2D eigenvalue weighted by atomic mass is 15.0. The van der Waals surface area contributed by atoms with Crippen LogP contribution >= 0.6 is 0 Å². The van der Waals surface area contributed by atoms with Crippen LogP contribution in [-0.2, 0) is 0 Å². The molecule has 3 rings (SSSR count). The van der Waals surface area contributed by atoms with Gasteiger partial charge in [-0.2, -0.15) is 0 Å².